The smallest absolute Gasteiger partial charge is 0.347 e. The summed E-state index contributed by atoms with van der Waals surface area (Å²) < 4.78 is 33.8. The van der Waals surface area contributed by atoms with Gasteiger partial charge in [0.05, 0.1) is 22.6 Å². The highest BCUT2D eigenvalue weighted by molar-refractivity contribution is 7.90. The number of esters is 1. The summed E-state index contributed by atoms with van der Waals surface area (Å²) in [6, 6.07) is 22.2. The highest BCUT2D eigenvalue weighted by Crippen LogP contribution is 2.33. The van der Waals surface area contributed by atoms with Gasteiger partial charge in [0.25, 0.3) is 21.8 Å². The lowest BCUT2D eigenvalue weighted by molar-refractivity contribution is -0.154. The minimum atomic E-state index is -4.68. The Kier molecular flexibility index (Phi) is 10.9. The number of nitrogens with one attached hydrogen (secondary N) is 1. The zero-order valence-corrected chi connectivity index (χ0v) is 28.5. The van der Waals surface area contributed by atoms with E-state index in [4.69, 9.17) is 16.3 Å². The summed E-state index contributed by atoms with van der Waals surface area (Å²) in [5.41, 5.74) is 0.419. The van der Waals surface area contributed by atoms with Crippen LogP contribution in [-0.2, 0) is 30.9 Å². The van der Waals surface area contributed by atoms with Gasteiger partial charge in [0, 0.05) is 43.0 Å². The molecule has 49 heavy (non-hydrogen) atoms. The van der Waals surface area contributed by atoms with Gasteiger partial charge < -0.3 is 9.64 Å². The summed E-state index contributed by atoms with van der Waals surface area (Å²) in [5, 5.41) is 3.28. The summed E-state index contributed by atoms with van der Waals surface area (Å²) in [5.74, 6) is -2.82. The zero-order chi connectivity index (χ0) is 35.2. The number of likely N-dealkylation sites (tertiary alicyclic amines) is 1. The van der Waals surface area contributed by atoms with E-state index >= 15 is 0 Å². The fraction of sp³-hybridized carbons (Fsp3) is 0.250. The van der Waals surface area contributed by atoms with Crippen molar-refractivity contribution in [3.63, 3.8) is 0 Å². The first kappa shape index (κ1) is 35.4. The van der Waals surface area contributed by atoms with Crippen molar-refractivity contribution < 1.29 is 32.3 Å². The molecule has 1 aromatic heterocycles. The van der Waals surface area contributed by atoms with E-state index in [0.717, 1.165) is 5.56 Å². The Labute approximate surface area is 289 Å². The van der Waals surface area contributed by atoms with Crippen LogP contribution in [0.1, 0.15) is 58.9 Å². The van der Waals surface area contributed by atoms with Gasteiger partial charge in [0.2, 0.25) is 5.91 Å². The summed E-state index contributed by atoms with van der Waals surface area (Å²) in [6.45, 7) is 2.24. The Balaban J connectivity index is 1.43. The van der Waals surface area contributed by atoms with Gasteiger partial charge >= 0.3 is 5.97 Å². The van der Waals surface area contributed by atoms with Gasteiger partial charge in [-0.15, -0.1) is 0 Å². The van der Waals surface area contributed by atoms with E-state index in [1.54, 1.807) is 61.5 Å². The van der Waals surface area contributed by atoms with Crippen molar-refractivity contribution in [2.45, 2.75) is 49.7 Å². The first-order chi connectivity index (χ1) is 23.5. The molecule has 11 nitrogen and oxygen atoms in total. The van der Waals surface area contributed by atoms with Crippen LogP contribution in [0.15, 0.2) is 102 Å². The number of sulfonamides is 1. The number of pyridine rings is 1. The van der Waals surface area contributed by atoms with E-state index in [1.165, 1.54) is 54.7 Å². The van der Waals surface area contributed by atoms with Gasteiger partial charge in [0.15, 0.2) is 5.66 Å². The quantitative estimate of drug-likeness (QED) is 0.202. The normalized spacial score (nSPS) is 15.9. The molecule has 2 heterocycles. The Morgan fingerprint density at radius 3 is 2.31 bits per heavy atom. The minimum absolute atomic E-state index is 0.0194. The predicted octanol–water partition coefficient (Wildman–Crippen LogP) is 5.45. The number of halogens is 1. The standard InChI is InChI=1S/C36H35ClN4O7S/c1-3-9-32(42)41(34(44)29-11-4-6-12-30(29)37)49(46,47)31-13-7-5-10-28(31)26-16-14-25(15-17-26)24-39-36(35(45)48-2)20-8-23-40(36)33(43)27-18-21-38-22-19-27/h4-7,10-19,21-22,39H,3,8-9,20,23-24H2,1-2H3. The molecule has 1 saturated heterocycles. The van der Waals surface area contributed by atoms with Crippen LogP contribution in [0.4, 0.5) is 0 Å². The van der Waals surface area contributed by atoms with Gasteiger partial charge in [0.1, 0.15) is 0 Å². The summed E-state index contributed by atoms with van der Waals surface area (Å²) in [6.07, 6.45) is 4.11. The van der Waals surface area contributed by atoms with Crippen molar-refractivity contribution in [3.8, 4) is 11.1 Å². The Morgan fingerprint density at radius 2 is 1.63 bits per heavy atom. The average molecular weight is 703 g/mol. The van der Waals surface area contributed by atoms with Crippen molar-refractivity contribution in [3.05, 3.63) is 119 Å². The third kappa shape index (κ3) is 7.12. The minimum Gasteiger partial charge on any atom is -0.466 e. The van der Waals surface area contributed by atoms with E-state index in [2.05, 4.69) is 10.3 Å². The lowest BCUT2D eigenvalue weighted by atomic mass is 10.0. The van der Waals surface area contributed by atoms with Crippen LogP contribution >= 0.6 is 11.6 Å². The lowest BCUT2D eigenvalue weighted by Gasteiger charge is -2.36. The SMILES string of the molecule is CCCC(=O)N(C(=O)c1ccccc1Cl)S(=O)(=O)c1ccccc1-c1ccc(CNC2(C(=O)OC)CCCN2C(=O)c2ccncc2)cc1. The Bertz CT molecular complexity index is 1970. The molecule has 0 aliphatic carbocycles. The second-order valence-electron chi connectivity index (χ2n) is 11.4. The van der Waals surface area contributed by atoms with Crippen molar-refractivity contribution >= 4 is 45.3 Å². The molecule has 1 aliphatic rings. The fourth-order valence-electron chi connectivity index (χ4n) is 5.88. The lowest BCUT2D eigenvalue weighted by Crippen LogP contribution is -2.62. The molecule has 13 heteroatoms. The Morgan fingerprint density at radius 1 is 0.959 bits per heavy atom. The number of carbonyl (C=O) groups is 4. The number of carbonyl (C=O) groups excluding carboxylic acids is 4. The number of ether oxygens (including phenoxy) is 1. The van der Waals surface area contributed by atoms with E-state index in [0.29, 0.717) is 41.2 Å². The predicted molar refractivity (Wildman–Crippen MR) is 183 cm³/mol. The second-order valence-corrected chi connectivity index (χ2v) is 13.6. The van der Waals surface area contributed by atoms with Crippen LogP contribution in [0.5, 0.6) is 0 Å². The molecule has 0 spiro atoms. The number of nitrogens with zero attached hydrogens (tertiary/aromatic N) is 3. The van der Waals surface area contributed by atoms with E-state index in [1.807, 2.05) is 0 Å². The molecular formula is C36H35ClN4O7S. The second kappa shape index (κ2) is 15.1. The van der Waals surface area contributed by atoms with Crippen molar-refractivity contribution in [1.82, 2.24) is 19.5 Å². The molecule has 0 radical (unpaired) electrons. The highest BCUT2D eigenvalue weighted by Gasteiger charge is 2.50. The summed E-state index contributed by atoms with van der Waals surface area (Å²) in [7, 11) is -3.41. The molecule has 1 aliphatic heterocycles. The molecule has 3 amide bonds. The van der Waals surface area contributed by atoms with Gasteiger partial charge in [-0.2, -0.15) is 4.31 Å². The van der Waals surface area contributed by atoms with Crippen LogP contribution in [0.2, 0.25) is 5.02 Å². The molecule has 3 aromatic carbocycles. The number of hydrogen-bond donors (Lipinski definition) is 1. The fourth-order valence-corrected chi connectivity index (χ4v) is 7.68. The molecule has 5 rings (SSSR count). The molecule has 1 N–H and O–H groups in total. The van der Waals surface area contributed by atoms with Gasteiger partial charge in [-0.3, -0.25) is 24.7 Å². The van der Waals surface area contributed by atoms with Crippen LogP contribution in [0.3, 0.4) is 0 Å². The first-order valence-electron chi connectivity index (χ1n) is 15.7. The maximum atomic E-state index is 14.2. The molecule has 1 fully saturated rings. The number of aromatic nitrogens is 1. The van der Waals surface area contributed by atoms with Gasteiger partial charge in [-0.05, 0) is 60.7 Å². The van der Waals surface area contributed by atoms with Crippen LogP contribution in [0.25, 0.3) is 11.1 Å². The Hall–Kier alpha value is -4.91. The molecule has 4 aromatic rings. The van der Waals surface area contributed by atoms with E-state index < -0.39 is 33.5 Å². The maximum absolute atomic E-state index is 14.2. The molecule has 1 atom stereocenters. The topological polar surface area (TPSA) is 143 Å². The molecule has 1 unspecified atom stereocenters. The monoisotopic (exact) mass is 702 g/mol. The number of methoxy groups -OCH3 is 1. The van der Waals surface area contributed by atoms with Gasteiger partial charge in [-0.1, -0.05) is 73.1 Å². The number of benzene rings is 3. The number of rotatable bonds is 11. The van der Waals surface area contributed by atoms with E-state index in [-0.39, 0.29) is 39.9 Å². The van der Waals surface area contributed by atoms with Crippen molar-refractivity contribution in [1.29, 1.82) is 0 Å². The first-order valence-corrected chi connectivity index (χ1v) is 17.5. The van der Waals surface area contributed by atoms with Gasteiger partial charge in [-0.25, -0.2) is 13.2 Å². The maximum Gasteiger partial charge on any atom is 0.347 e. The van der Waals surface area contributed by atoms with Crippen molar-refractivity contribution in [2.75, 3.05) is 13.7 Å². The zero-order valence-electron chi connectivity index (χ0n) is 27.0. The van der Waals surface area contributed by atoms with Crippen LogP contribution < -0.4 is 5.32 Å². The number of imide groups is 1. The third-order valence-electron chi connectivity index (χ3n) is 8.31. The van der Waals surface area contributed by atoms with Crippen molar-refractivity contribution in [2.24, 2.45) is 0 Å². The average Bonchev–Trinajstić information content (AvgIpc) is 3.56. The number of amides is 3. The summed E-state index contributed by atoms with van der Waals surface area (Å²) >= 11 is 6.23. The molecule has 0 bridgehead atoms. The summed E-state index contributed by atoms with van der Waals surface area (Å²) in [4.78, 5) is 58.6. The third-order valence-corrected chi connectivity index (χ3v) is 10.4. The number of hydrogen-bond acceptors (Lipinski definition) is 9. The van der Waals surface area contributed by atoms with E-state index in [9.17, 15) is 27.6 Å². The molecule has 254 valence electrons. The van der Waals surface area contributed by atoms with Crippen LogP contribution in [0, 0.1) is 0 Å². The molecule has 0 saturated carbocycles. The highest BCUT2D eigenvalue weighted by atomic mass is 35.5. The molecular weight excluding hydrogens is 668 g/mol. The largest absolute Gasteiger partial charge is 0.466 e. The van der Waals surface area contributed by atoms with Crippen LogP contribution in [-0.4, -0.2) is 65.6 Å².